The van der Waals surface area contributed by atoms with Gasteiger partial charge < -0.3 is 20.3 Å². The number of nitrogens with one attached hydrogen (secondary N) is 1. The van der Waals surface area contributed by atoms with E-state index < -0.39 is 12.2 Å². The molecule has 1 aliphatic heterocycles. The second-order valence-corrected chi connectivity index (χ2v) is 4.96. The van der Waals surface area contributed by atoms with E-state index in [1.54, 1.807) is 12.0 Å². The minimum absolute atomic E-state index is 0.130. The van der Waals surface area contributed by atoms with Crippen LogP contribution in [0.2, 0.25) is 0 Å². The third-order valence-electron chi connectivity index (χ3n) is 3.33. The molecule has 6 heteroatoms. The molecule has 1 heterocycles. The molecular formula is C14H20N2O4. The van der Waals surface area contributed by atoms with Crippen molar-refractivity contribution in [3.8, 4) is 5.75 Å². The maximum Gasteiger partial charge on any atom is 0.234 e. The van der Waals surface area contributed by atoms with Gasteiger partial charge in [-0.15, -0.1) is 0 Å². The molecule has 0 saturated carbocycles. The number of nitrogens with zero attached hydrogens (tertiary/aromatic N) is 1. The zero-order valence-electron chi connectivity index (χ0n) is 11.5. The van der Waals surface area contributed by atoms with Crippen LogP contribution in [0.1, 0.15) is 5.56 Å². The molecular weight excluding hydrogens is 260 g/mol. The molecule has 1 fully saturated rings. The maximum atomic E-state index is 11.8. The van der Waals surface area contributed by atoms with E-state index >= 15 is 0 Å². The van der Waals surface area contributed by atoms with Crippen LogP contribution in [0, 0.1) is 0 Å². The molecule has 0 radical (unpaired) electrons. The average molecular weight is 280 g/mol. The van der Waals surface area contributed by atoms with Crippen molar-refractivity contribution in [2.24, 2.45) is 0 Å². The van der Waals surface area contributed by atoms with Crippen molar-refractivity contribution < 1.29 is 19.7 Å². The van der Waals surface area contributed by atoms with Crippen molar-refractivity contribution in [3.63, 3.8) is 0 Å². The first kappa shape index (κ1) is 14.8. The van der Waals surface area contributed by atoms with Crippen LogP contribution >= 0.6 is 0 Å². The molecule has 1 aliphatic rings. The number of rotatable bonds is 5. The lowest BCUT2D eigenvalue weighted by molar-refractivity contribution is -0.122. The Morgan fingerprint density at radius 3 is 2.75 bits per heavy atom. The molecule has 6 nitrogen and oxygen atoms in total. The summed E-state index contributed by atoms with van der Waals surface area (Å²) in [6.07, 6.45) is -1.53. The van der Waals surface area contributed by atoms with Crippen LogP contribution in [0.4, 0.5) is 0 Å². The molecule has 0 aromatic heterocycles. The Morgan fingerprint density at radius 1 is 1.40 bits per heavy atom. The van der Waals surface area contributed by atoms with Gasteiger partial charge in [0.1, 0.15) is 5.75 Å². The summed E-state index contributed by atoms with van der Waals surface area (Å²) in [6, 6.07) is 7.49. The van der Waals surface area contributed by atoms with Gasteiger partial charge in [-0.05, 0) is 17.7 Å². The van der Waals surface area contributed by atoms with Crippen molar-refractivity contribution in [2.45, 2.75) is 18.8 Å². The molecule has 3 N–H and O–H groups in total. The number of benzene rings is 1. The normalized spacial score (nSPS) is 22.8. The molecule has 1 saturated heterocycles. The largest absolute Gasteiger partial charge is 0.497 e. The van der Waals surface area contributed by atoms with Gasteiger partial charge in [-0.25, -0.2) is 0 Å². The highest BCUT2D eigenvalue weighted by Crippen LogP contribution is 2.12. The fraction of sp³-hybridized carbons (Fsp3) is 0.500. The summed E-state index contributed by atoms with van der Waals surface area (Å²) in [7, 11) is 1.60. The highest BCUT2D eigenvalue weighted by Gasteiger charge is 2.30. The molecule has 1 amide bonds. The van der Waals surface area contributed by atoms with Gasteiger partial charge in [-0.2, -0.15) is 0 Å². The molecule has 110 valence electrons. The van der Waals surface area contributed by atoms with Crippen LogP contribution in [0.25, 0.3) is 0 Å². The number of ether oxygens (including phenoxy) is 1. The number of β-amino-alcohol motifs (C(OH)–C–C–N with tert-alkyl or cyclic N) is 2. The van der Waals surface area contributed by atoms with Gasteiger partial charge in [0.15, 0.2) is 0 Å². The Kier molecular flexibility index (Phi) is 4.94. The predicted octanol–water partition coefficient (Wildman–Crippen LogP) is -0.651. The van der Waals surface area contributed by atoms with Gasteiger partial charge in [0.25, 0.3) is 0 Å². The highest BCUT2D eigenvalue weighted by molar-refractivity contribution is 5.78. The molecule has 20 heavy (non-hydrogen) atoms. The van der Waals surface area contributed by atoms with Gasteiger partial charge in [0.2, 0.25) is 5.91 Å². The first-order valence-electron chi connectivity index (χ1n) is 6.56. The quantitative estimate of drug-likeness (QED) is 0.667. The van der Waals surface area contributed by atoms with Crippen LogP contribution in [-0.2, 0) is 11.3 Å². The van der Waals surface area contributed by atoms with E-state index in [1.807, 2.05) is 24.3 Å². The lowest BCUT2D eigenvalue weighted by Crippen LogP contribution is -2.36. The highest BCUT2D eigenvalue weighted by atomic mass is 16.5. The monoisotopic (exact) mass is 280 g/mol. The average Bonchev–Trinajstić information content (AvgIpc) is 2.75. The van der Waals surface area contributed by atoms with E-state index in [-0.39, 0.29) is 12.5 Å². The third kappa shape index (κ3) is 3.93. The minimum atomic E-state index is -0.763. The first-order chi connectivity index (χ1) is 9.58. The Balaban J connectivity index is 1.77. The lowest BCUT2D eigenvalue weighted by Gasteiger charge is -2.14. The third-order valence-corrected chi connectivity index (χ3v) is 3.33. The van der Waals surface area contributed by atoms with Crippen LogP contribution < -0.4 is 10.1 Å². The summed E-state index contributed by atoms with van der Waals surface area (Å²) in [6.45, 7) is 1.26. The zero-order chi connectivity index (χ0) is 14.5. The minimum Gasteiger partial charge on any atom is -0.497 e. The van der Waals surface area contributed by atoms with E-state index in [2.05, 4.69) is 5.32 Å². The molecule has 1 aromatic rings. The number of carbonyl (C=O) groups excluding carboxylic acids is 1. The van der Waals surface area contributed by atoms with Crippen molar-refractivity contribution in [1.82, 2.24) is 10.2 Å². The van der Waals surface area contributed by atoms with Crippen molar-refractivity contribution in [1.29, 1.82) is 0 Å². The number of likely N-dealkylation sites (tertiary alicyclic amines) is 1. The standard InChI is InChI=1S/C14H20N2O4/c1-20-11-4-2-3-10(5-11)6-15-14(19)9-16-7-12(17)13(18)8-16/h2-5,12-13,17-18H,6-9H2,1H3,(H,15,19). The Hall–Kier alpha value is -1.63. The molecule has 2 rings (SSSR count). The van der Waals surface area contributed by atoms with E-state index in [9.17, 15) is 15.0 Å². The Bertz CT molecular complexity index is 456. The van der Waals surface area contributed by atoms with Gasteiger partial charge in [0, 0.05) is 19.6 Å². The number of hydrogen-bond acceptors (Lipinski definition) is 5. The SMILES string of the molecule is COc1cccc(CNC(=O)CN2CC(O)C(O)C2)c1. The van der Waals surface area contributed by atoms with Gasteiger partial charge in [-0.3, -0.25) is 9.69 Å². The van der Waals surface area contributed by atoms with E-state index in [1.165, 1.54) is 0 Å². The van der Waals surface area contributed by atoms with Crippen molar-refractivity contribution in [3.05, 3.63) is 29.8 Å². The molecule has 1 aromatic carbocycles. The number of aliphatic hydroxyl groups excluding tert-OH is 2. The van der Waals surface area contributed by atoms with Gasteiger partial charge in [0.05, 0.1) is 25.9 Å². The summed E-state index contributed by atoms with van der Waals surface area (Å²) in [5.41, 5.74) is 0.958. The number of hydrogen-bond donors (Lipinski definition) is 3. The molecule has 0 bridgehead atoms. The summed E-state index contributed by atoms with van der Waals surface area (Å²) in [4.78, 5) is 13.5. The van der Waals surface area contributed by atoms with Gasteiger partial charge >= 0.3 is 0 Å². The summed E-state index contributed by atoms with van der Waals surface area (Å²) in [5.74, 6) is 0.622. The molecule has 2 unspecified atom stereocenters. The summed E-state index contributed by atoms with van der Waals surface area (Å²) in [5, 5.41) is 21.6. The van der Waals surface area contributed by atoms with Crippen LogP contribution in [0.3, 0.4) is 0 Å². The summed E-state index contributed by atoms with van der Waals surface area (Å²) >= 11 is 0. The second kappa shape index (κ2) is 6.69. The maximum absolute atomic E-state index is 11.8. The number of amides is 1. The fourth-order valence-corrected chi connectivity index (χ4v) is 2.22. The lowest BCUT2D eigenvalue weighted by atomic mass is 10.2. The van der Waals surface area contributed by atoms with E-state index in [0.717, 1.165) is 11.3 Å². The summed E-state index contributed by atoms with van der Waals surface area (Å²) < 4.78 is 5.12. The molecule has 0 spiro atoms. The first-order valence-corrected chi connectivity index (χ1v) is 6.56. The molecule has 2 atom stereocenters. The smallest absolute Gasteiger partial charge is 0.234 e. The fourth-order valence-electron chi connectivity index (χ4n) is 2.22. The number of aliphatic hydroxyl groups is 2. The van der Waals surface area contributed by atoms with Crippen LogP contribution in [0.5, 0.6) is 5.75 Å². The van der Waals surface area contributed by atoms with Crippen LogP contribution in [-0.4, -0.2) is 60.0 Å². The number of carbonyl (C=O) groups is 1. The number of methoxy groups -OCH3 is 1. The van der Waals surface area contributed by atoms with Gasteiger partial charge in [-0.1, -0.05) is 12.1 Å². The Morgan fingerprint density at radius 2 is 2.10 bits per heavy atom. The second-order valence-electron chi connectivity index (χ2n) is 4.96. The van der Waals surface area contributed by atoms with E-state index in [4.69, 9.17) is 4.74 Å². The van der Waals surface area contributed by atoms with E-state index in [0.29, 0.717) is 19.6 Å². The van der Waals surface area contributed by atoms with Crippen LogP contribution in [0.15, 0.2) is 24.3 Å². The molecule has 0 aliphatic carbocycles. The Labute approximate surface area is 118 Å². The topological polar surface area (TPSA) is 82.0 Å². The van der Waals surface area contributed by atoms with Crippen molar-refractivity contribution in [2.75, 3.05) is 26.7 Å². The van der Waals surface area contributed by atoms with Crippen molar-refractivity contribution >= 4 is 5.91 Å². The zero-order valence-corrected chi connectivity index (χ0v) is 11.5. The predicted molar refractivity (Wildman–Crippen MR) is 73.3 cm³/mol.